The van der Waals surface area contributed by atoms with Crippen LogP contribution in [0.25, 0.3) is 0 Å². The minimum Gasteiger partial charge on any atom is -0.348 e. The Hall–Kier alpha value is -2.92. The number of rotatable bonds is 5. The summed E-state index contributed by atoms with van der Waals surface area (Å²) in [5.41, 5.74) is 3.45. The molecule has 2 N–H and O–H groups in total. The van der Waals surface area contributed by atoms with Crippen molar-refractivity contribution >= 4 is 29.1 Å². The number of carbonyl (C=O) groups is 1. The molecule has 6 heteroatoms. The molecule has 1 heterocycles. The van der Waals surface area contributed by atoms with E-state index in [2.05, 4.69) is 20.6 Å². The number of aromatic nitrogens is 2. The molecule has 1 aromatic heterocycles. The zero-order valence-corrected chi connectivity index (χ0v) is 14.4. The van der Waals surface area contributed by atoms with Crippen molar-refractivity contribution in [2.24, 2.45) is 0 Å². The molecule has 126 valence electrons. The van der Waals surface area contributed by atoms with Crippen molar-refractivity contribution in [1.29, 1.82) is 0 Å². The summed E-state index contributed by atoms with van der Waals surface area (Å²) in [5, 5.41) is 6.59. The van der Waals surface area contributed by atoms with E-state index >= 15 is 0 Å². The molecular formula is C19H17ClN4O. The van der Waals surface area contributed by atoms with Crippen LogP contribution in [0.3, 0.4) is 0 Å². The Kier molecular flexibility index (Phi) is 5.26. The zero-order valence-electron chi connectivity index (χ0n) is 13.7. The lowest BCUT2D eigenvalue weighted by Crippen LogP contribution is -2.23. The monoisotopic (exact) mass is 352 g/mol. The van der Waals surface area contributed by atoms with Gasteiger partial charge in [0.15, 0.2) is 0 Å². The van der Waals surface area contributed by atoms with Crippen molar-refractivity contribution in [2.45, 2.75) is 13.5 Å². The van der Waals surface area contributed by atoms with Crippen molar-refractivity contribution < 1.29 is 4.79 Å². The maximum atomic E-state index is 12.2. The van der Waals surface area contributed by atoms with Gasteiger partial charge in [-0.25, -0.2) is 9.97 Å². The average Bonchev–Trinajstić information content (AvgIpc) is 2.63. The average molecular weight is 353 g/mol. The van der Waals surface area contributed by atoms with Gasteiger partial charge in [-0.05, 0) is 42.3 Å². The Morgan fingerprint density at radius 2 is 1.72 bits per heavy atom. The minimum absolute atomic E-state index is 0.207. The summed E-state index contributed by atoms with van der Waals surface area (Å²) in [6.07, 6.45) is 3.00. The summed E-state index contributed by atoms with van der Waals surface area (Å²) in [6.45, 7) is 2.48. The first-order valence-corrected chi connectivity index (χ1v) is 8.17. The van der Waals surface area contributed by atoms with Gasteiger partial charge in [-0.2, -0.15) is 0 Å². The lowest BCUT2D eigenvalue weighted by Gasteiger charge is -2.08. The van der Waals surface area contributed by atoms with Gasteiger partial charge in [-0.1, -0.05) is 35.9 Å². The van der Waals surface area contributed by atoms with Crippen molar-refractivity contribution in [3.8, 4) is 0 Å². The highest BCUT2D eigenvalue weighted by atomic mass is 35.5. The number of hydrogen-bond acceptors (Lipinski definition) is 4. The summed E-state index contributed by atoms with van der Waals surface area (Å²) in [7, 11) is 0. The Morgan fingerprint density at radius 1 is 1.04 bits per heavy atom. The number of anilines is 2. The summed E-state index contributed by atoms with van der Waals surface area (Å²) in [6, 6.07) is 15.1. The van der Waals surface area contributed by atoms with Crippen LogP contribution in [0, 0.1) is 6.92 Å². The summed E-state index contributed by atoms with van der Waals surface area (Å²) >= 11 is 5.85. The first-order chi connectivity index (χ1) is 12.1. The number of aryl methyl sites for hydroxylation is 1. The van der Waals surface area contributed by atoms with Crippen LogP contribution in [-0.2, 0) is 6.54 Å². The normalized spacial score (nSPS) is 10.3. The molecule has 0 bridgehead atoms. The van der Waals surface area contributed by atoms with Crippen LogP contribution >= 0.6 is 11.6 Å². The lowest BCUT2D eigenvalue weighted by molar-refractivity contribution is 0.0950. The fraction of sp³-hybridized carbons (Fsp3) is 0.105. The summed E-state index contributed by atoms with van der Waals surface area (Å²) in [5.74, 6) is 0.207. The molecule has 0 unspecified atom stereocenters. The molecule has 0 atom stereocenters. The van der Waals surface area contributed by atoms with Crippen LogP contribution < -0.4 is 10.6 Å². The topological polar surface area (TPSA) is 66.9 Å². The summed E-state index contributed by atoms with van der Waals surface area (Å²) < 4.78 is 0. The van der Waals surface area contributed by atoms with Gasteiger partial charge in [0.1, 0.15) is 0 Å². The molecular weight excluding hydrogens is 336 g/mol. The molecule has 0 spiro atoms. The third kappa shape index (κ3) is 4.55. The molecule has 0 radical (unpaired) electrons. The van der Waals surface area contributed by atoms with Gasteiger partial charge in [0.25, 0.3) is 5.91 Å². The molecule has 3 rings (SSSR count). The molecule has 0 aliphatic carbocycles. The van der Waals surface area contributed by atoms with E-state index in [9.17, 15) is 4.79 Å². The maximum Gasteiger partial charge on any atom is 0.254 e. The predicted octanol–water partition coefficient (Wildman–Crippen LogP) is 4.11. The number of hydrogen-bond donors (Lipinski definition) is 2. The quantitative estimate of drug-likeness (QED) is 0.725. The van der Waals surface area contributed by atoms with E-state index in [0.29, 0.717) is 23.1 Å². The molecule has 0 fully saturated rings. The van der Waals surface area contributed by atoms with Gasteiger partial charge < -0.3 is 10.6 Å². The van der Waals surface area contributed by atoms with E-state index in [4.69, 9.17) is 11.6 Å². The third-order valence-electron chi connectivity index (χ3n) is 3.72. The molecule has 0 saturated carbocycles. The van der Waals surface area contributed by atoms with E-state index in [-0.39, 0.29) is 5.91 Å². The molecule has 0 saturated heterocycles. The third-order valence-corrected chi connectivity index (χ3v) is 3.97. The van der Waals surface area contributed by atoms with E-state index < -0.39 is 0 Å². The number of nitrogens with one attached hydrogen (secondary N) is 2. The van der Waals surface area contributed by atoms with Crippen molar-refractivity contribution in [2.75, 3.05) is 5.32 Å². The van der Waals surface area contributed by atoms with Gasteiger partial charge in [0, 0.05) is 29.6 Å². The second-order valence-corrected chi connectivity index (χ2v) is 5.97. The van der Waals surface area contributed by atoms with E-state index in [1.807, 2.05) is 43.3 Å². The van der Waals surface area contributed by atoms with Crippen LogP contribution in [0.2, 0.25) is 5.02 Å². The van der Waals surface area contributed by atoms with E-state index in [0.717, 1.165) is 16.8 Å². The molecule has 1 amide bonds. The zero-order chi connectivity index (χ0) is 17.6. The maximum absolute atomic E-state index is 12.2. The van der Waals surface area contributed by atoms with Gasteiger partial charge in [-0.3, -0.25) is 4.79 Å². The smallest absolute Gasteiger partial charge is 0.254 e. The Bertz CT molecular complexity index is 863. The Balaban J connectivity index is 1.60. The van der Waals surface area contributed by atoms with Crippen LogP contribution in [-0.4, -0.2) is 15.9 Å². The molecule has 3 aromatic rings. The second-order valence-electron chi connectivity index (χ2n) is 5.54. The predicted molar refractivity (Wildman–Crippen MR) is 99.1 cm³/mol. The first-order valence-electron chi connectivity index (χ1n) is 7.79. The largest absolute Gasteiger partial charge is 0.348 e. The molecule has 5 nitrogen and oxygen atoms in total. The number of nitrogens with zero attached hydrogens (tertiary/aromatic N) is 2. The van der Waals surface area contributed by atoms with E-state index in [1.165, 1.54) is 12.4 Å². The van der Waals surface area contributed by atoms with E-state index in [1.54, 1.807) is 12.1 Å². The van der Waals surface area contributed by atoms with Crippen molar-refractivity contribution in [3.05, 3.63) is 82.6 Å². The second kappa shape index (κ2) is 7.77. The highest BCUT2D eigenvalue weighted by Crippen LogP contribution is 2.16. The molecule has 0 aliphatic heterocycles. The van der Waals surface area contributed by atoms with Crippen LogP contribution in [0.4, 0.5) is 11.6 Å². The van der Waals surface area contributed by atoms with Gasteiger partial charge in [0.2, 0.25) is 5.95 Å². The highest BCUT2D eigenvalue weighted by molar-refractivity contribution is 6.30. The van der Waals surface area contributed by atoms with Gasteiger partial charge >= 0.3 is 0 Å². The summed E-state index contributed by atoms with van der Waals surface area (Å²) in [4.78, 5) is 20.6. The Labute approximate surface area is 151 Å². The lowest BCUT2D eigenvalue weighted by atomic mass is 10.1. The van der Waals surface area contributed by atoms with Crippen LogP contribution in [0.5, 0.6) is 0 Å². The number of carbonyl (C=O) groups excluding carboxylic acids is 1. The van der Waals surface area contributed by atoms with Crippen LogP contribution in [0.15, 0.2) is 60.9 Å². The van der Waals surface area contributed by atoms with Crippen molar-refractivity contribution in [1.82, 2.24) is 15.3 Å². The molecule has 0 aliphatic rings. The van der Waals surface area contributed by atoms with Gasteiger partial charge in [0.05, 0.1) is 5.56 Å². The molecule has 2 aromatic carbocycles. The fourth-order valence-electron chi connectivity index (χ4n) is 2.26. The molecule has 25 heavy (non-hydrogen) atoms. The minimum atomic E-state index is -0.207. The van der Waals surface area contributed by atoms with Crippen molar-refractivity contribution in [3.63, 3.8) is 0 Å². The Morgan fingerprint density at radius 3 is 2.40 bits per heavy atom. The highest BCUT2D eigenvalue weighted by Gasteiger charge is 2.08. The number of benzene rings is 2. The van der Waals surface area contributed by atoms with Crippen LogP contribution in [0.1, 0.15) is 21.5 Å². The SMILES string of the molecule is Cc1ccccc1CNC(=O)c1cnc(Nc2ccc(Cl)cc2)nc1. The number of amides is 1. The number of halogens is 1. The fourth-order valence-corrected chi connectivity index (χ4v) is 2.38. The first kappa shape index (κ1) is 16.9. The standard InChI is InChI=1S/C19H17ClN4O/c1-13-4-2-3-5-14(13)10-21-18(25)15-11-22-19(23-12-15)24-17-8-6-16(20)7-9-17/h2-9,11-12H,10H2,1H3,(H,21,25)(H,22,23,24). The van der Waals surface area contributed by atoms with Gasteiger partial charge in [-0.15, -0.1) is 0 Å².